The van der Waals surface area contributed by atoms with Crippen molar-refractivity contribution in [2.24, 2.45) is 0 Å². The van der Waals surface area contributed by atoms with Crippen LogP contribution in [-0.2, 0) is 20.8 Å². The van der Waals surface area contributed by atoms with Gasteiger partial charge in [-0.3, -0.25) is 0 Å². The lowest BCUT2D eigenvalue weighted by atomic mass is 9.98. The predicted molar refractivity (Wildman–Crippen MR) is 90.5 cm³/mol. The van der Waals surface area contributed by atoms with Gasteiger partial charge in [-0.1, -0.05) is 44.2 Å². The molecule has 2 saturated heterocycles. The van der Waals surface area contributed by atoms with Crippen LogP contribution in [0.15, 0.2) is 30.3 Å². The second-order valence-corrected chi connectivity index (χ2v) is 6.72. The number of hydrogen-bond acceptors (Lipinski definition) is 4. The molecule has 1 aromatic rings. The van der Waals surface area contributed by atoms with Crippen LogP contribution in [0.1, 0.15) is 45.1 Å². The zero-order valence-electron chi connectivity index (χ0n) is 14.6. The van der Waals surface area contributed by atoms with E-state index < -0.39 is 5.79 Å². The van der Waals surface area contributed by atoms with Gasteiger partial charge in [-0.25, -0.2) is 4.79 Å². The molecule has 0 radical (unpaired) electrons. The summed E-state index contributed by atoms with van der Waals surface area (Å²) in [6.45, 7) is 6.46. The molecule has 0 saturated carbocycles. The van der Waals surface area contributed by atoms with E-state index in [1.165, 1.54) is 0 Å². The first kappa shape index (κ1) is 17.2. The van der Waals surface area contributed by atoms with Gasteiger partial charge in [0.2, 0.25) is 0 Å². The lowest BCUT2D eigenvalue weighted by molar-refractivity contribution is -0.210. The zero-order valence-corrected chi connectivity index (χ0v) is 14.6. The van der Waals surface area contributed by atoms with Crippen LogP contribution in [0.5, 0.6) is 0 Å². The standard InChI is InChI=1S/C19H27NO4/c1-3-18(4-2)15-23-19(24-18)10-12-20(13-11-19)17(21)22-14-16-8-6-5-7-9-16/h5-9H,3-4,10-15H2,1-2H3. The van der Waals surface area contributed by atoms with E-state index >= 15 is 0 Å². The van der Waals surface area contributed by atoms with E-state index in [9.17, 15) is 4.79 Å². The van der Waals surface area contributed by atoms with E-state index in [1.807, 2.05) is 30.3 Å². The number of benzene rings is 1. The highest BCUT2D eigenvalue weighted by atomic mass is 16.8. The van der Waals surface area contributed by atoms with Gasteiger partial charge in [0.1, 0.15) is 6.61 Å². The summed E-state index contributed by atoms with van der Waals surface area (Å²) in [6.07, 6.45) is 3.05. The number of ether oxygens (including phenoxy) is 3. The average Bonchev–Trinajstić information content (AvgIpc) is 3.00. The molecule has 5 heteroatoms. The Balaban J connectivity index is 1.49. The van der Waals surface area contributed by atoms with Crippen LogP contribution >= 0.6 is 0 Å². The van der Waals surface area contributed by atoms with Crippen molar-refractivity contribution in [2.75, 3.05) is 19.7 Å². The molecule has 1 spiro atoms. The van der Waals surface area contributed by atoms with Crippen LogP contribution in [0.2, 0.25) is 0 Å². The number of hydrogen-bond donors (Lipinski definition) is 0. The fraction of sp³-hybridized carbons (Fsp3) is 0.632. The highest BCUT2D eigenvalue weighted by Gasteiger charge is 2.50. The van der Waals surface area contributed by atoms with E-state index in [0.29, 0.717) is 39.1 Å². The molecule has 0 aromatic heterocycles. The zero-order chi connectivity index (χ0) is 17.0. The minimum atomic E-state index is -0.512. The van der Waals surface area contributed by atoms with Crippen molar-refractivity contribution >= 4 is 6.09 Å². The molecular formula is C19H27NO4. The molecule has 0 bridgehead atoms. The fourth-order valence-corrected chi connectivity index (χ4v) is 3.40. The molecule has 0 unspecified atom stereocenters. The summed E-state index contributed by atoms with van der Waals surface area (Å²) < 4.78 is 17.8. The minimum Gasteiger partial charge on any atom is -0.445 e. The van der Waals surface area contributed by atoms with Crippen LogP contribution in [0.4, 0.5) is 4.79 Å². The Hall–Kier alpha value is -1.59. The largest absolute Gasteiger partial charge is 0.445 e. The van der Waals surface area contributed by atoms with Crippen LogP contribution < -0.4 is 0 Å². The van der Waals surface area contributed by atoms with Gasteiger partial charge in [0.25, 0.3) is 0 Å². The number of carbonyl (C=O) groups is 1. The van der Waals surface area contributed by atoms with Crippen LogP contribution in [0, 0.1) is 0 Å². The van der Waals surface area contributed by atoms with Gasteiger partial charge in [-0.05, 0) is 18.4 Å². The van der Waals surface area contributed by atoms with Gasteiger partial charge in [0.05, 0.1) is 12.2 Å². The third kappa shape index (κ3) is 3.57. The summed E-state index contributed by atoms with van der Waals surface area (Å²) in [5.74, 6) is -0.512. The smallest absolute Gasteiger partial charge is 0.410 e. The fourth-order valence-electron chi connectivity index (χ4n) is 3.40. The predicted octanol–water partition coefficient (Wildman–Crippen LogP) is 3.72. The monoisotopic (exact) mass is 333 g/mol. The maximum absolute atomic E-state index is 12.2. The molecule has 24 heavy (non-hydrogen) atoms. The Labute approximate surface area is 143 Å². The average molecular weight is 333 g/mol. The summed E-state index contributed by atoms with van der Waals surface area (Å²) in [7, 11) is 0. The Morgan fingerprint density at radius 3 is 2.42 bits per heavy atom. The molecule has 2 fully saturated rings. The number of nitrogens with zero attached hydrogens (tertiary/aromatic N) is 1. The van der Waals surface area contributed by atoms with E-state index in [4.69, 9.17) is 14.2 Å². The topological polar surface area (TPSA) is 48.0 Å². The molecule has 3 rings (SSSR count). The van der Waals surface area contributed by atoms with Crippen molar-refractivity contribution in [1.82, 2.24) is 4.90 Å². The van der Waals surface area contributed by atoms with Crippen molar-refractivity contribution in [2.45, 2.75) is 57.5 Å². The first-order chi connectivity index (χ1) is 11.6. The quantitative estimate of drug-likeness (QED) is 0.842. The van der Waals surface area contributed by atoms with Crippen molar-refractivity contribution in [1.29, 1.82) is 0 Å². The summed E-state index contributed by atoms with van der Waals surface area (Å²) in [6, 6.07) is 9.73. The molecule has 2 aliphatic rings. The second-order valence-electron chi connectivity index (χ2n) is 6.72. The molecular weight excluding hydrogens is 306 g/mol. The van der Waals surface area contributed by atoms with Gasteiger partial charge >= 0.3 is 6.09 Å². The normalized spacial score (nSPS) is 21.8. The van der Waals surface area contributed by atoms with Gasteiger partial charge in [-0.2, -0.15) is 0 Å². The van der Waals surface area contributed by atoms with Crippen LogP contribution in [0.25, 0.3) is 0 Å². The Morgan fingerprint density at radius 2 is 1.83 bits per heavy atom. The molecule has 0 aliphatic carbocycles. The van der Waals surface area contributed by atoms with Crippen LogP contribution in [-0.4, -0.2) is 42.1 Å². The van der Waals surface area contributed by atoms with Crippen molar-refractivity contribution in [3.8, 4) is 0 Å². The Morgan fingerprint density at radius 1 is 1.17 bits per heavy atom. The maximum atomic E-state index is 12.2. The number of likely N-dealkylation sites (tertiary alicyclic amines) is 1. The van der Waals surface area contributed by atoms with E-state index in [2.05, 4.69) is 13.8 Å². The molecule has 5 nitrogen and oxygen atoms in total. The molecule has 2 aliphatic heterocycles. The Kier molecular flexibility index (Phi) is 5.11. The molecule has 0 N–H and O–H groups in total. The molecule has 1 amide bonds. The maximum Gasteiger partial charge on any atom is 0.410 e. The van der Waals surface area contributed by atoms with E-state index in [1.54, 1.807) is 4.90 Å². The summed E-state index contributed by atoms with van der Waals surface area (Å²) in [5, 5.41) is 0. The van der Waals surface area contributed by atoms with E-state index in [-0.39, 0.29) is 11.7 Å². The van der Waals surface area contributed by atoms with E-state index in [0.717, 1.165) is 18.4 Å². The molecule has 1 aromatic carbocycles. The lowest BCUT2D eigenvalue weighted by Crippen LogP contribution is -2.48. The van der Waals surface area contributed by atoms with Gasteiger partial charge in [-0.15, -0.1) is 0 Å². The first-order valence-electron chi connectivity index (χ1n) is 8.90. The summed E-state index contributed by atoms with van der Waals surface area (Å²) >= 11 is 0. The summed E-state index contributed by atoms with van der Waals surface area (Å²) in [5.41, 5.74) is 0.841. The van der Waals surface area contributed by atoms with Crippen LogP contribution in [0.3, 0.4) is 0 Å². The third-order valence-corrected chi connectivity index (χ3v) is 5.28. The number of rotatable bonds is 4. The minimum absolute atomic E-state index is 0.157. The highest BCUT2D eigenvalue weighted by Crippen LogP contribution is 2.41. The van der Waals surface area contributed by atoms with Crippen molar-refractivity contribution in [3.05, 3.63) is 35.9 Å². The molecule has 2 heterocycles. The molecule has 0 atom stereocenters. The molecule has 132 valence electrons. The van der Waals surface area contributed by atoms with Gasteiger partial charge < -0.3 is 19.1 Å². The number of piperidine rings is 1. The summed E-state index contributed by atoms with van der Waals surface area (Å²) in [4.78, 5) is 14.0. The van der Waals surface area contributed by atoms with Crippen molar-refractivity contribution < 1.29 is 19.0 Å². The number of carbonyl (C=O) groups excluding carboxylic acids is 1. The highest BCUT2D eigenvalue weighted by molar-refractivity contribution is 5.67. The third-order valence-electron chi connectivity index (χ3n) is 5.28. The number of amides is 1. The van der Waals surface area contributed by atoms with Crippen molar-refractivity contribution in [3.63, 3.8) is 0 Å². The van der Waals surface area contributed by atoms with Gasteiger partial charge in [0.15, 0.2) is 5.79 Å². The SMILES string of the molecule is CCC1(CC)COC2(CCN(C(=O)OCc3ccccc3)CC2)O1. The van der Waals surface area contributed by atoms with Gasteiger partial charge in [0, 0.05) is 25.9 Å². The Bertz CT molecular complexity index is 548. The second kappa shape index (κ2) is 7.11. The lowest BCUT2D eigenvalue weighted by Gasteiger charge is -2.38. The first-order valence-corrected chi connectivity index (χ1v) is 8.90.